The molecular weight excluding hydrogens is 304 g/mol. The van der Waals surface area contributed by atoms with Gasteiger partial charge in [-0.25, -0.2) is 4.79 Å². The third-order valence-corrected chi connectivity index (χ3v) is 4.99. The molecule has 1 aromatic carbocycles. The molecule has 6 heteroatoms. The number of benzene rings is 1. The van der Waals surface area contributed by atoms with Gasteiger partial charge in [-0.15, -0.1) is 0 Å². The summed E-state index contributed by atoms with van der Waals surface area (Å²) in [6.45, 7) is 6.21. The van der Waals surface area contributed by atoms with Gasteiger partial charge in [0.15, 0.2) is 0 Å². The van der Waals surface area contributed by atoms with Gasteiger partial charge in [0.05, 0.1) is 11.0 Å². The first-order valence-electron chi connectivity index (χ1n) is 8.73. The molecule has 24 heavy (non-hydrogen) atoms. The predicted octanol–water partition coefficient (Wildman–Crippen LogP) is 1.19. The number of fused-ring (bicyclic) bond motifs is 1. The molecule has 2 heterocycles. The summed E-state index contributed by atoms with van der Waals surface area (Å²) in [6, 6.07) is 7.56. The van der Waals surface area contributed by atoms with Gasteiger partial charge in [-0.2, -0.15) is 0 Å². The minimum absolute atomic E-state index is 0.0738. The summed E-state index contributed by atoms with van der Waals surface area (Å²) in [5.74, 6) is 0.411. The van der Waals surface area contributed by atoms with E-state index in [-0.39, 0.29) is 18.1 Å². The highest BCUT2D eigenvalue weighted by Gasteiger charge is 2.19. The Bertz CT molecular complexity index is 777. The van der Waals surface area contributed by atoms with Gasteiger partial charge in [-0.3, -0.25) is 13.9 Å². The number of nitrogens with one attached hydrogen (secondary N) is 1. The van der Waals surface area contributed by atoms with E-state index in [0.29, 0.717) is 12.5 Å². The van der Waals surface area contributed by atoms with Crippen molar-refractivity contribution in [3.05, 3.63) is 34.7 Å². The minimum atomic E-state index is -0.152. The number of hydrogen-bond donors (Lipinski definition) is 1. The molecule has 1 aliphatic rings. The van der Waals surface area contributed by atoms with Crippen molar-refractivity contribution in [2.45, 2.75) is 26.3 Å². The molecule has 1 fully saturated rings. The van der Waals surface area contributed by atoms with Crippen molar-refractivity contribution < 1.29 is 4.79 Å². The normalized spacial score (nSPS) is 18.8. The molecule has 1 aromatic heterocycles. The highest BCUT2D eigenvalue weighted by molar-refractivity contribution is 5.80. The van der Waals surface area contributed by atoms with Crippen LogP contribution in [0.1, 0.15) is 19.8 Å². The van der Waals surface area contributed by atoms with Crippen molar-refractivity contribution in [1.29, 1.82) is 0 Å². The van der Waals surface area contributed by atoms with Gasteiger partial charge in [0, 0.05) is 20.1 Å². The van der Waals surface area contributed by atoms with Crippen molar-refractivity contribution in [1.82, 2.24) is 19.4 Å². The lowest BCUT2D eigenvalue weighted by atomic mass is 9.98. The van der Waals surface area contributed by atoms with Crippen LogP contribution in [0.3, 0.4) is 0 Å². The molecule has 130 valence electrons. The lowest BCUT2D eigenvalue weighted by Crippen LogP contribution is -2.42. The summed E-state index contributed by atoms with van der Waals surface area (Å²) in [5.41, 5.74) is 1.50. The molecule has 1 saturated heterocycles. The van der Waals surface area contributed by atoms with Crippen LogP contribution < -0.4 is 11.0 Å². The third kappa shape index (κ3) is 3.38. The van der Waals surface area contributed by atoms with Crippen molar-refractivity contribution in [3.8, 4) is 0 Å². The first kappa shape index (κ1) is 16.8. The number of aryl methyl sites for hydroxylation is 1. The van der Waals surface area contributed by atoms with Gasteiger partial charge < -0.3 is 10.2 Å². The zero-order valence-corrected chi connectivity index (χ0v) is 14.5. The smallest absolute Gasteiger partial charge is 0.329 e. The summed E-state index contributed by atoms with van der Waals surface area (Å²) in [4.78, 5) is 27.1. The standard InChI is InChI=1S/C18H26N4O2/c1-3-21-10-6-7-14(12-21)11-19-17(23)13-22-16-9-5-4-8-15(16)20(2)18(22)24/h4-5,8-9,14H,3,6-7,10-13H2,1-2H3,(H,19,23). The molecular formula is C18H26N4O2. The summed E-state index contributed by atoms with van der Waals surface area (Å²) in [5, 5.41) is 3.01. The van der Waals surface area contributed by atoms with Gasteiger partial charge in [-0.05, 0) is 44.0 Å². The molecule has 0 bridgehead atoms. The fraction of sp³-hybridized carbons (Fsp3) is 0.556. The lowest BCUT2D eigenvalue weighted by molar-refractivity contribution is -0.121. The van der Waals surface area contributed by atoms with Gasteiger partial charge >= 0.3 is 5.69 Å². The topological polar surface area (TPSA) is 59.3 Å². The van der Waals surface area contributed by atoms with E-state index in [1.807, 2.05) is 24.3 Å². The van der Waals surface area contributed by atoms with Crippen molar-refractivity contribution in [2.75, 3.05) is 26.2 Å². The Morgan fingerprint density at radius 1 is 1.29 bits per heavy atom. The number of hydrogen-bond acceptors (Lipinski definition) is 3. The Hall–Kier alpha value is -2.08. The van der Waals surface area contributed by atoms with E-state index >= 15 is 0 Å². The number of carbonyl (C=O) groups excluding carboxylic acids is 1. The van der Waals surface area contributed by atoms with E-state index in [4.69, 9.17) is 0 Å². The van der Waals surface area contributed by atoms with Crippen LogP contribution in [0.4, 0.5) is 0 Å². The molecule has 0 radical (unpaired) electrons. The SMILES string of the molecule is CCN1CCCC(CNC(=O)Cn2c(=O)n(C)c3ccccc32)C1. The average molecular weight is 330 g/mol. The molecule has 3 rings (SSSR count). The Kier molecular flexibility index (Phi) is 5.04. The average Bonchev–Trinajstić information content (AvgIpc) is 2.85. The summed E-state index contributed by atoms with van der Waals surface area (Å²) in [7, 11) is 1.74. The predicted molar refractivity (Wildman–Crippen MR) is 95.0 cm³/mol. The van der Waals surface area contributed by atoms with E-state index in [0.717, 1.165) is 37.1 Å². The van der Waals surface area contributed by atoms with Crippen LogP contribution in [0.5, 0.6) is 0 Å². The number of para-hydroxylation sites is 2. The second-order valence-corrected chi connectivity index (χ2v) is 6.62. The number of amides is 1. The molecule has 6 nitrogen and oxygen atoms in total. The Morgan fingerprint density at radius 3 is 2.79 bits per heavy atom. The second-order valence-electron chi connectivity index (χ2n) is 6.62. The summed E-state index contributed by atoms with van der Waals surface area (Å²) in [6.07, 6.45) is 2.35. The quantitative estimate of drug-likeness (QED) is 0.896. The first-order valence-corrected chi connectivity index (χ1v) is 8.73. The van der Waals surface area contributed by atoms with Crippen LogP contribution in [0, 0.1) is 5.92 Å². The highest BCUT2D eigenvalue weighted by atomic mass is 16.2. The number of likely N-dealkylation sites (tertiary alicyclic amines) is 1. The summed E-state index contributed by atoms with van der Waals surface area (Å²) >= 11 is 0. The first-order chi connectivity index (χ1) is 11.6. The zero-order chi connectivity index (χ0) is 17.1. The van der Waals surface area contributed by atoms with Gasteiger partial charge in [0.2, 0.25) is 5.91 Å². The van der Waals surface area contributed by atoms with E-state index in [2.05, 4.69) is 17.1 Å². The monoisotopic (exact) mass is 330 g/mol. The molecule has 1 atom stereocenters. The molecule has 1 aliphatic heterocycles. The fourth-order valence-corrected chi connectivity index (χ4v) is 3.58. The maximum Gasteiger partial charge on any atom is 0.329 e. The maximum absolute atomic E-state index is 12.4. The highest BCUT2D eigenvalue weighted by Crippen LogP contribution is 2.15. The van der Waals surface area contributed by atoms with E-state index in [1.165, 1.54) is 6.42 Å². The van der Waals surface area contributed by atoms with Gasteiger partial charge in [0.25, 0.3) is 0 Å². The largest absolute Gasteiger partial charge is 0.354 e. The van der Waals surface area contributed by atoms with Crippen LogP contribution in [-0.2, 0) is 18.4 Å². The molecule has 2 aromatic rings. The second kappa shape index (κ2) is 7.21. The van der Waals surface area contributed by atoms with E-state index < -0.39 is 0 Å². The number of piperidine rings is 1. The third-order valence-electron chi connectivity index (χ3n) is 4.99. The minimum Gasteiger partial charge on any atom is -0.354 e. The fourth-order valence-electron chi connectivity index (χ4n) is 3.58. The van der Waals surface area contributed by atoms with E-state index in [1.54, 1.807) is 16.2 Å². The maximum atomic E-state index is 12.4. The van der Waals surface area contributed by atoms with Gasteiger partial charge in [-0.1, -0.05) is 19.1 Å². The molecule has 1 N–H and O–H groups in total. The van der Waals surface area contributed by atoms with E-state index in [9.17, 15) is 9.59 Å². The van der Waals surface area contributed by atoms with Crippen LogP contribution >= 0.6 is 0 Å². The number of rotatable bonds is 5. The van der Waals surface area contributed by atoms with Crippen LogP contribution in [0.15, 0.2) is 29.1 Å². The number of aromatic nitrogens is 2. The Morgan fingerprint density at radius 2 is 2.04 bits per heavy atom. The molecule has 0 spiro atoms. The Labute approximate surface area is 142 Å². The van der Waals surface area contributed by atoms with Crippen LogP contribution in [-0.4, -0.2) is 46.1 Å². The number of imidazole rings is 1. The molecule has 0 saturated carbocycles. The molecule has 1 amide bonds. The van der Waals surface area contributed by atoms with Gasteiger partial charge in [0.1, 0.15) is 6.54 Å². The van der Waals surface area contributed by atoms with Crippen LogP contribution in [0.25, 0.3) is 11.0 Å². The Balaban J connectivity index is 1.63. The van der Waals surface area contributed by atoms with Crippen molar-refractivity contribution in [2.24, 2.45) is 13.0 Å². The lowest BCUT2D eigenvalue weighted by Gasteiger charge is -2.31. The van der Waals surface area contributed by atoms with Crippen molar-refractivity contribution >= 4 is 16.9 Å². The number of nitrogens with zero attached hydrogens (tertiary/aromatic N) is 3. The van der Waals surface area contributed by atoms with Crippen molar-refractivity contribution in [3.63, 3.8) is 0 Å². The van der Waals surface area contributed by atoms with Crippen LogP contribution in [0.2, 0.25) is 0 Å². The zero-order valence-electron chi connectivity index (χ0n) is 14.5. The summed E-state index contributed by atoms with van der Waals surface area (Å²) < 4.78 is 3.13. The molecule has 0 aliphatic carbocycles. The molecule has 1 unspecified atom stereocenters. The number of carbonyl (C=O) groups is 1.